The first-order valence-electron chi connectivity index (χ1n) is 7.49. The fourth-order valence-electron chi connectivity index (χ4n) is 2.38. The molecule has 0 unspecified atom stereocenters. The maximum Gasteiger partial charge on any atom is 0.321 e. The van der Waals surface area contributed by atoms with Crippen LogP contribution in [0.15, 0.2) is 48.7 Å². The van der Waals surface area contributed by atoms with E-state index in [1.165, 1.54) is 0 Å². The van der Waals surface area contributed by atoms with Crippen molar-refractivity contribution in [1.29, 1.82) is 0 Å². The van der Waals surface area contributed by atoms with Crippen LogP contribution in [0.3, 0.4) is 0 Å². The molecule has 0 spiro atoms. The highest BCUT2D eigenvalue weighted by Gasteiger charge is 2.09. The van der Waals surface area contributed by atoms with E-state index in [0.717, 1.165) is 15.2 Å². The van der Waals surface area contributed by atoms with Gasteiger partial charge in [-0.25, -0.2) is 9.78 Å². The van der Waals surface area contributed by atoms with Crippen molar-refractivity contribution in [2.24, 2.45) is 0 Å². The van der Waals surface area contributed by atoms with Crippen LogP contribution in [0.5, 0.6) is 0 Å². The third-order valence-electron chi connectivity index (χ3n) is 3.50. The number of pyridine rings is 1. The Labute approximate surface area is 141 Å². The number of benzene rings is 1. The summed E-state index contributed by atoms with van der Waals surface area (Å²) in [6.07, 6.45) is 2.49. The maximum absolute atomic E-state index is 12.0. The standard InChI is InChI=1S/C16H14N6OS/c23-16(19-15-21-20-13-7-3-4-10-22(13)15)17-9-8-14-18-11-5-1-2-6-12(11)24-14/h1-7,10H,8-9H2,(H2,17,19,21,23). The lowest BCUT2D eigenvalue weighted by atomic mass is 10.3. The Kier molecular flexibility index (Phi) is 3.80. The second kappa shape index (κ2) is 6.25. The second-order valence-corrected chi connectivity index (χ2v) is 6.27. The number of amides is 2. The summed E-state index contributed by atoms with van der Waals surface area (Å²) in [5.41, 5.74) is 1.68. The molecule has 4 aromatic rings. The Morgan fingerprint density at radius 1 is 1.12 bits per heavy atom. The van der Waals surface area contributed by atoms with Crippen molar-refractivity contribution in [3.05, 3.63) is 53.7 Å². The molecule has 0 aliphatic carbocycles. The third kappa shape index (κ3) is 2.91. The molecule has 0 radical (unpaired) electrons. The predicted molar refractivity (Wildman–Crippen MR) is 93.3 cm³/mol. The van der Waals surface area contributed by atoms with E-state index in [2.05, 4.69) is 25.8 Å². The summed E-state index contributed by atoms with van der Waals surface area (Å²) in [5, 5.41) is 14.5. The molecule has 0 bridgehead atoms. The summed E-state index contributed by atoms with van der Waals surface area (Å²) in [7, 11) is 0. The number of thiazole rings is 1. The van der Waals surface area contributed by atoms with E-state index in [0.29, 0.717) is 24.6 Å². The van der Waals surface area contributed by atoms with Crippen LogP contribution >= 0.6 is 11.3 Å². The summed E-state index contributed by atoms with van der Waals surface area (Å²) in [6.45, 7) is 0.502. The molecule has 24 heavy (non-hydrogen) atoms. The molecular weight excluding hydrogens is 324 g/mol. The lowest BCUT2D eigenvalue weighted by Gasteiger charge is -2.05. The zero-order valence-corrected chi connectivity index (χ0v) is 13.5. The Balaban J connectivity index is 1.35. The molecular formula is C16H14N6OS. The summed E-state index contributed by atoms with van der Waals surface area (Å²) in [6, 6.07) is 13.2. The monoisotopic (exact) mass is 338 g/mol. The first-order valence-corrected chi connectivity index (χ1v) is 8.30. The second-order valence-electron chi connectivity index (χ2n) is 5.16. The fraction of sp³-hybridized carbons (Fsp3) is 0.125. The van der Waals surface area contributed by atoms with E-state index in [1.54, 1.807) is 21.9 Å². The van der Waals surface area contributed by atoms with Crippen molar-refractivity contribution in [2.75, 3.05) is 11.9 Å². The zero-order chi connectivity index (χ0) is 16.4. The van der Waals surface area contributed by atoms with E-state index in [9.17, 15) is 4.79 Å². The minimum Gasteiger partial charge on any atom is -0.337 e. The van der Waals surface area contributed by atoms with E-state index in [-0.39, 0.29) is 6.03 Å². The van der Waals surface area contributed by atoms with Crippen molar-refractivity contribution in [3.63, 3.8) is 0 Å². The molecule has 0 aliphatic heterocycles. The van der Waals surface area contributed by atoms with Crippen molar-refractivity contribution < 1.29 is 4.79 Å². The smallest absolute Gasteiger partial charge is 0.321 e. The molecule has 0 fully saturated rings. The van der Waals surface area contributed by atoms with E-state index >= 15 is 0 Å². The third-order valence-corrected chi connectivity index (χ3v) is 4.60. The molecule has 2 N–H and O–H groups in total. The van der Waals surface area contributed by atoms with Gasteiger partial charge in [-0.05, 0) is 24.3 Å². The molecule has 8 heteroatoms. The number of aromatic nitrogens is 4. The van der Waals surface area contributed by atoms with Crippen molar-refractivity contribution in [2.45, 2.75) is 6.42 Å². The van der Waals surface area contributed by atoms with Crippen LogP contribution < -0.4 is 10.6 Å². The molecule has 0 aliphatic rings. The largest absolute Gasteiger partial charge is 0.337 e. The number of hydrogen-bond donors (Lipinski definition) is 2. The lowest BCUT2D eigenvalue weighted by Crippen LogP contribution is -2.31. The number of hydrogen-bond acceptors (Lipinski definition) is 5. The van der Waals surface area contributed by atoms with Gasteiger partial charge in [0.15, 0.2) is 5.65 Å². The van der Waals surface area contributed by atoms with Gasteiger partial charge in [-0.1, -0.05) is 18.2 Å². The molecule has 4 rings (SSSR count). The summed E-state index contributed by atoms with van der Waals surface area (Å²) >= 11 is 1.65. The number of urea groups is 1. The number of carbonyl (C=O) groups excluding carboxylic acids is 1. The first kappa shape index (κ1) is 14.6. The number of nitrogens with zero attached hydrogens (tertiary/aromatic N) is 4. The molecule has 7 nitrogen and oxygen atoms in total. The molecule has 0 atom stereocenters. The highest BCUT2D eigenvalue weighted by molar-refractivity contribution is 7.18. The van der Waals surface area contributed by atoms with Gasteiger partial charge in [-0.15, -0.1) is 21.5 Å². The number of para-hydroxylation sites is 1. The molecule has 120 valence electrons. The van der Waals surface area contributed by atoms with Crippen LogP contribution in [-0.4, -0.2) is 32.2 Å². The molecule has 3 aromatic heterocycles. The van der Waals surface area contributed by atoms with E-state index in [1.807, 2.05) is 42.5 Å². The normalized spacial score (nSPS) is 11.0. The van der Waals surface area contributed by atoms with Crippen LogP contribution in [0.2, 0.25) is 0 Å². The van der Waals surface area contributed by atoms with Crippen molar-refractivity contribution >= 4 is 39.2 Å². The van der Waals surface area contributed by atoms with Gasteiger partial charge in [0, 0.05) is 19.2 Å². The molecule has 3 heterocycles. The van der Waals surface area contributed by atoms with Crippen LogP contribution in [-0.2, 0) is 6.42 Å². The quantitative estimate of drug-likeness (QED) is 0.599. The maximum atomic E-state index is 12.0. The number of carbonyl (C=O) groups is 1. The van der Waals surface area contributed by atoms with E-state index in [4.69, 9.17) is 0 Å². The van der Waals surface area contributed by atoms with Gasteiger partial charge in [-0.3, -0.25) is 9.72 Å². The Hall–Kier alpha value is -3.00. The Morgan fingerprint density at radius 3 is 2.92 bits per heavy atom. The zero-order valence-electron chi connectivity index (χ0n) is 12.6. The summed E-state index contributed by atoms with van der Waals surface area (Å²) < 4.78 is 2.87. The van der Waals surface area contributed by atoms with Gasteiger partial charge >= 0.3 is 6.03 Å². The Morgan fingerprint density at radius 2 is 2.00 bits per heavy atom. The van der Waals surface area contributed by atoms with Gasteiger partial charge in [0.25, 0.3) is 0 Å². The first-order chi connectivity index (χ1) is 11.8. The topological polar surface area (TPSA) is 84.2 Å². The highest BCUT2D eigenvalue weighted by Crippen LogP contribution is 2.21. The van der Waals surface area contributed by atoms with Gasteiger partial charge in [-0.2, -0.15) is 0 Å². The molecule has 2 amide bonds. The minimum absolute atomic E-state index is 0.311. The summed E-state index contributed by atoms with van der Waals surface area (Å²) in [5.74, 6) is 0.392. The molecule has 0 saturated heterocycles. The predicted octanol–water partition coefficient (Wildman–Crippen LogP) is 2.70. The Bertz CT molecular complexity index is 975. The molecule has 1 aromatic carbocycles. The lowest BCUT2D eigenvalue weighted by molar-refractivity contribution is 0.252. The fourth-order valence-corrected chi connectivity index (χ4v) is 3.35. The van der Waals surface area contributed by atoms with Crippen LogP contribution in [0.1, 0.15) is 5.01 Å². The van der Waals surface area contributed by atoms with Gasteiger partial charge in [0.1, 0.15) is 0 Å². The van der Waals surface area contributed by atoms with Crippen molar-refractivity contribution in [1.82, 2.24) is 24.9 Å². The van der Waals surface area contributed by atoms with E-state index < -0.39 is 0 Å². The molecule has 0 saturated carbocycles. The average molecular weight is 338 g/mol. The minimum atomic E-state index is -0.311. The number of rotatable bonds is 4. The average Bonchev–Trinajstić information content (AvgIpc) is 3.19. The number of fused-ring (bicyclic) bond motifs is 2. The van der Waals surface area contributed by atoms with Gasteiger partial charge in [0.05, 0.1) is 15.2 Å². The highest BCUT2D eigenvalue weighted by atomic mass is 32.1. The van der Waals surface area contributed by atoms with Crippen molar-refractivity contribution in [3.8, 4) is 0 Å². The van der Waals surface area contributed by atoms with Crippen LogP contribution in [0, 0.1) is 0 Å². The number of anilines is 1. The van der Waals surface area contributed by atoms with Crippen LogP contribution in [0.25, 0.3) is 15.9 Å². The van der Waals surface area contributed by atoms with Crippen LogP contribution in [0.4, 0.5) is 10.7 Å². The summed E-state index contributed by atoms with van der Waals surface area (Å²) in [4.78, 5) is 16.5. The SMILES string of the molecule is O=C(NCCc1nc2ccccc2s1)Nc1nnc2ccccn12. The van der Waals surface area contributed by atoms with Gasteiger partial charge in [0.2, 0.25) is 5.95 Å². The number of nitrogens with one attached hydrogen (secondary N) is 2. The van der Waals surface area contributed by atoms with Gasteiger partial charge < -0.3 is 5.32 Å².